The quantitative estimate of drug-likeness (QED) is 0.421. The van der Waals surface area contributed by atoms with E-state index in [0.717, 1.165) is 0 Å². The van der Waals surface area contributed by atoms with Gasteiger partial charge in [0.25, 0.3) is 18.3 Å². The average Bonchev–Trinajstić information content (AvgIpc) is 3.34. The highest BCUT2D eigenvalue weighted by Crippen LogP contribution is 2.37. The van der Waals surface area contributed by atoms with Gasteiger partial charge in [-0.05, 0) is 40.2 Å². The van der Waals surface area contributed by atoms with E-state index >= 15 is 0 Å². The first-order chi connectivity index (χ1) is 17.5. The standard InChI is InChI=1S/C28H40N4O3SSi/c1-23(21-31-18-17-27(30-31)36(33,34)32-19-15-24(29)16-20-32)22-35-37(28(2,3)4,25-11-7-5-8-12-25)26-13-9-6-10-14-26/h5-14,17-18,23-24H,15-16,19-22,29H2,1-4H3. The summed E-state index contributed by atoms with van der Waals surface area (Å²) in [4.78, 5) is 0. The monoisotopic (exact) mass is 540 g/mol. The van der Waals surface area contributed by atoms with Crippen molar-refractivity contribution in [3.05, 3.63) is 72.9 Å². The zero-order chi connectivity index (χ0) is 26.7. The van der Waals surface area contributed by atoms with Crippen LogP contribution in [0.2, 0.25) is 5.04 Å². The van der Waals surface area contributed by atoms with Crippen LogP contribution in [-0.2, 0) is 21.0 Å². The molecule has 0 amide bonds. The molecule has 0 spiro atoms. The lowest BCUT2D eigenvalue weighted by atomic mass is 10.1. The fourth-order valence-electron chi connectivity index (χ4n) is 5.23. The summed E-state index contributed by atoms with van der Waals surface area (Å²) in [7, 11) is -6.23. The molecular weight excluding hydrogens is 500 g/mol. The van der Waals surface area contributed by atoms with Crippen molar-refractivity contribution in [2.24, 2.45) is 11.7 Å². The first-order valence-electron chi connectivity index (χ1n) is 13.1. The third-order valence-electron chi connectivity index (χ3n) is 7.22. The molecule has 37 heavy (non-hydrogen) atoms. The number of hydrogen-bond acceptors (Lipinski definition) is 5. The molecule has 2 N–H and O–H groups in total. The first-order valence-corrected chi connectivity index (χ1v) is 16.4. The maximum atomic E-state index is 13.1. The van der Waals surface area contributed by atoms with Crippen molar-refractivity contribution in [1.82, 2.24) is 14.1 Å². The van der Waals surface area contributed by atoms with Crippen LogP contribution < -0.4 is 16.1 Å². The zero-order valence-corrected chi connectivity index (χ0v) is 24.2. The lowest BCUT2D eigenvalue weighted by Gasteiger charge is -2.43. The predicted molar refractivity (Wildman–Crippen MR) is 151 cm³/mol. The van der Waals surface area contributed by atoms with Crippen molar-refractivity contribution in [3.63, 3.8) is 0 Å². The number of nitrogens with two attached hydrogens (primary N) is 1. The molecule has 2 heterocycles. The van der Waals surface area contributed by atoms with Crippen molar-refractivity contribution < 1.29 is 12.8 Å². The fraction of sp³-hybridized carbons (Fsp3) is 0.464. The van der Waals surface area contributed by atoms with Crippen LogP contribution in [0.25, 0.3) is 0 Å². The van der Waals surface area contributed by atoms with Crippen LogP contribution in [0.4, 0.5) is 0 Å². The minimum absolute atomic E-state index is 0.0698. The lowest BCUT2D eigenvalue weighted by molar-refractivity contribution is 0.226. The Hall–Kier alpha value is -2.30. The van der Waals surface area contributed by atoms with Gasteiger partial charge >= 0.3 is 0 Å². The second kappa shape index (κ2) is 11.2. The van der Waals surface area contributed by atoms with E-state index in [0.29, 0.717) is 39.1 Å². The van der Waals surface area contributed by atoms with Gasteiger partial charge in [-0.3, -0.25) is 4.68 Å². The minimum atomic E-state index is -3.61. The van der Waals surface area contributed by atoms with E-state index in [-0.39, 0.29) is 22.0 Å². The van der Waals surface area contributed by atoms with Crippen LogP contribution in [0.1, 0.15) is 40.5 Å². The number of rotatable bonds is 9. The zero-order valence-electron chi connectivity index (χ0n) is 22.4. The van der Waals surface area contributed by atoms with Gasteiger partial charge in [0, 0.05) is 38.5 Å². The summed E-state index contributed by atoms with van der Waals surface area (Å²) in [6.07, 6.45) is 3.11. The summed E-state index contributed by atoms with van der Waals surface area (Å²) in [6.45, 7) is 10.9. The van der Waals surface area contributed by atoms with E-state index in [1.54, 1.807) is 16.9 Å². The van der Waals surface area contributed by atoms with E-state index in [4.69, 9.17) is 10.2 Å². The minimum Gasteiger partial charge on any atom is -0.407 e. The Morgan fingerprint density at radius 1 is 1.00 bits per heavy atom. The summed E-state index contributed by atoms with van der Waals surface area (Å²) in [6, 6.07) is 22.8. The lowest BCUT2D eigenvalue weighted by Crippen LogP contribution is -2.66. The van der Waals surface area contributed by atoms with Gasteiger partial charge in [-0.1, -0.05) is 88.4 Å². The van der Waals surface area contributed by atoms with Crippen LogP contribution in [-0.4, -0.2) is 56.6 Å². The van der Waals surface area contributed by atoms with Crippen LogP contribution in [0.5, 0.6) is 0 Å². The molecule has 1 aromatic heterocycles. The van der Waals surface area contributed by atoms with Crippen molar-refractivity contribution in [2.75, 3.05) is 19.7 Å². The Balaban J connectivity index is 1.52. The van der Waals surface area contributed by atoms with Crippen molar-refractivity contribution in [3.8, 4) is 0 Å². The number of hydrogen-bond donors (Lipinski definition) is 1. The largest absolute Gasteiger partial charge is 0.407 e. The Bertz CT molecular complexity index is 1210. The van der Waals surface area contributed by atoms with Gasteiger partial charge in [0.15, 0.2) is 5.03 Å². The fourth-order valence-corrected chi connectivity index (χ4v) is 11.3. The van der Waals surface area contributed by atoms with Gasteiger partial charge in [-0.25, -0.2) is 8.42 Å². The Morgan fingerprint density at radius 3 is 2.05 bits per heavy atom. The molecule has 1 atom stereocenters. The number of aromatic nitrogens is 2. The molecule has 1 saturated heterocycles. The molecule has 7 nitrogen and oxygen atoms in total. The van der Waals surface area contributed by atoms with Gasteiger partial charge in [0.2, 0.25) is 0 Å². The van der Waals surface area contributed by atoms with Crippen molar-refractivity contribution in [1.29, 1.82) is 0 Å². The molecule has 0 radical (unpaired) electrons. The van der Waals surface area contributed by atoms with E-state index in [2.05, 4.69) is 81.3 Å². The Morgan fingerprint density at radius 2 is 1.54 bits per heavy atom. The predicted octanol–water partition coefficient (Wildman–Crippen LogP) is 3.21. The average molecular weight is 541 g/mol. The molecule has 9 heteroatoms. The molecule has 1 unspecified atom stereocenters. The molecule has 1 fully saturated rings. The molecule has 200 valence electrons. The third kappa shape index (κ3) is 5.91. The molecule has 3 aromatic rings. The van der Waals surface area contributed by atoms with Crippen LogP contribution >= 0.6 is 0 Å². The summed E-state index contributed by atoms with van der Waals surface area (Å²) >= 11 is 0. The van der Waals surface area contributed by atoms with Crippen LogP contribution in [0, 0.1) is 5.92 Å². The summed E-state index contributed by atoms with van der Waals surface area (Å²) in [5.41, 5.74) is 5.95. The molecule has 1 aliphatic heterocycles. The Labute approximate surface area is 222 Å². The maximum Gasteiger partial charge on any atom is 0.262 e. The topological polar surface area (TPSA) is 90.5 Å². The SMILES string of the molecule is CC(CO[Si](c1ccccc1)(c1ccccc1)C(C)(C)C)Cn1ccc(S(=O)(=O)N2CCC(N)CC2)n1. The first kappa shape index (κ1) is 27.7. The van der Waals surface area contributed by atoms with Crippen LogP contribution in [0.15, 0.2) is 78.0 Å². The second-order valence-corrected chi connectivity index (χ2v) is 17.4. The summed E-state index contributed by atoms with van der Waals surface area (Å²) in [5, 5.41) is 6.93. The maximum absolute atomic E-state index is 13.1. The summed E-state index contributed by atoms with van der Waals surface area (Å²) < 4.78 is 36.4. The van der Waals surface area contributed by atoms with Gasteiger partial charge in [-0.15, -0.1) is 0 Å². The number of nitrogens with zero attached hydrogens (tertiary/aromatic N) is 3. The summed E-state index contributed by atoms with van der Waals surface area (Å²) in [5.74, 6) is 0.130. The highest BCUT2D eigenvalue weighted by Gasteiger charge is 2.50. The van der Waals surface area contributed by atoms with Gasteiger partial charge in [0.05, 0.1) is 0 Å². The number of sulfonamides is 1. The molecule has 4 rings (SSSR count). The van der Waals surface area contributed by atoms with E-state index in [1.165, 1.54) is 14.7 Å². The van der Waals surface area contributed by atoms with Crippen molar-refractivity contribution >= 4 is 28.7 Å². The Kier molecular flexibility index (Phi) is 8.40. The van der Waals surface area contributed by atoms with Gasteiger partial charge in [0.1, 0.15) is 0 Å². The molecule has 0 aliphatic carbocycles. The highest BCUT2D eigenvalue weighted by molar-refractivity contribution is 7.89. The molecular formula is C28H40N4O3SSi. The molecule has 2 aromatic carbocycles. The van der Waals surface area contributed by atoms with E-state index in [1.807, 2.05) is 12.1 Å². The van der Waals surface area contributed by atoms with E-state index in [9.17, 15) is 8.42 Å². The van der Waals surface area contributed by atoms with Crippen molar-refractivity contribution in [2.45, 2.75) is 63.2 Å². The molecule has 1 aliphatic rings. The third-order valence-corrected chi connectivity index (χ3v) is 14.0. The number of benzene rings is 2. The highest BCUT2D eigenvalue weighted by atomic mass is 32.2. The van der Waals surface area contributed by atoms with E-state index < -0.39 is 18.3 Å². The molecule has 0 bridgehead atoms. The van der Waals surface area contributed by atoms with Gasteiger partial charge < -0.3 is 10.2 Å². The second-order valence-electron chi connectivity index (χ2n) is 11.2. The molecule has 0 saturated carbocycles. The van der Waals surface area contributed by atoms with Crippen LogP contribution in [0.3, 0.4) is 0 Å². The smallest absolute Gasteiger partial charge is 0.262 e. The normalized spacial score (nSPS) is 17.1. The number of piperidine rings is 1. The van der Waals surface area contributed by atoms with Gasteiger partial charge in [-0.2, -0.15) is 9.40 Å².